The van der Waals surface area contributed by atoms with E-state index in [0.717, 1.165) is 5.56 Å². The first-order valence-corrected chi connectivity index (χ1v) is 22.7. The van der Waals surface area contributed by atoms with Crippen LogP contribution in [0.15, 0.2) is 24.3 Å². The van der Waals surface area contributed by atoms with Gasteiger partial charge in [0, 0.05) is 56.9 Å². The quantitative estimate of drug-likeness (QED) is 0.151. The molecular weight excluding hydrogens is 855 g/mol. The highest BCUT2D eigenvalue weighted by atomic mass is 16.6. The normalized spacial score (nSPS) is 17.5. The maximum absolute atomic E-state index is 13.8. The van der Waals surface area contributed by atoms with Gasteiger partial charge in [-0.25, -0.2) is 0 Å². The number of nitrogens with zero attached hydrogens (tertiary/aromatic N) is 4. The maximum Gasteiger partial charge on any atom is 0.320 e. The summed E-state index contributed by atoms with van der Waals surface area (Å²) < 4.78 is 28.8. The monoisotopic (exact) mass is 934 g/mol. The third-order valence-corrected chi connectivity index (χ3v) is 9.21. The largest absolute Gasteiger partial charge is 0.481 e. The van der Waals surface area contributed by atoms with E-state index in [1.807, 2.05) is 26.8 Å². The van der Waals surface area contributed by atoms with Crippen LogP contribution in [-0.4, -0.2) is 172 Å². The predicted octanol–water partition coefficient (Wildman–Crippen LogP) is 4.70. The summed E-state index contributed by atoms with van der Waals surface area (Å²) in [5, 5.41) is 11.7. The van der Waals surface area contributed by atoms with Gasteiger partial charge in [-0.1, -0.05) is 12.1 Å². The van der Waals surface area contributed by atoms with Crippen molar-refractivity contribution in [3.63, 3.8) is 0 Å². The van der Waals surface area contributed by atoms with Crippen LogP contribution in [0, 0.1) is 0 Å². The van der Waals surface area contributed by atoms with Gasteiger partial charge in [-0.15, -0.1) is 0 Å². The molecule has 1 aliphatic rings. The van der Waals surface area contributed by atoms with Crippen LogP contribution in [-0.2, 0) is 63.7 Å². The molecule has 2 unspecified atom stereocenters. The molecule has 0 saturated carbocycles. The number of nitrogens with one attached hydrogen (secondary N) is 1. The summed E-state index contributed by atoms with van der Waals surface area (Å²) in [7, 11) is 0. The molecule has 18 heteroatoms. The number of carbonyl (C=O) groups excluding carboxylic acids is 6. The van der Waals surface area contributed by atoms with Gasteiger partial charge >= 0.3 is 35.8 Å². The number of anilines is 1. The molecule has 2 rings (SSSR count). The second kappa shape index (κ2) is 24.4. The number of aliphatic carboxylic acids is 1. The number of carboxylic acid groups (broad SMARTS) is 1. The molecule has 1 amide bonds. The lowest BCUT2D eigenvalue weighted by Gasteiger charge is -2.37. The summed E-state index contributed by atoms with van der Waals surface area (Å²) in [5.41, 5.74) is -2.76. The van der Waals surface area contributed by atoms with E-state index < -0.39 is 81.8 Å². The molecule has 0 radical (unpaired) electrons. The van der Waals surface area contributed by atoms with E-state index in [1.165, 1.54) is 0 Å². The molecule has 1 heterocycles. The number of amides is 1. The number of ether oxygens (including phenoxy) is 5. The van der Waals surface area contributed by atoms with Crippen molar-refractivity contribution in [2.45, 2.75) is 163 Å². The molecule has 1 aromatic carbocycles. The van der Waals surface area contributed by atoms with Gasteiger partial charge in [0.25, 0.3) is 0 Å². The summed E-state index contributed by atoms with van der Waals surface area (Å²) in [4.78, 5) is 98.8. The minimum Gasteiger partial charge on any atom is -0.481 e. The number of esters is 5. The zero-order chi connectivity index (χ0) is 50.4. The summed E-state index contributed by atoms with van der Waals surface area (Å²) in [6.45, 7) is 26.1. The van der Waals surface area contributed by atoms with Crippen LogP contribution in [0.2, 0.25) is 0 Å². The zero-order valence-electron chi connectivity index (χ0n) is 42.3. The van der Waals surface area contributed by atoms with Crippen molar-refractivity contribution < 1.29 is 62.4 Å². The first-order valence-electron chi connectivity index (χ1n) is 22.7. The highest BCUT2D eigenvalue weighted by Gasteiger charge is 2.36. The third-order valence-electron chi connectivity index (χ3n) is 9.21. The molecule has 1 saturated heterocycles. The van der Waals surface area contributed by atoms with Crippen molar-refractivity contribution >= 4 is 47.4 Å². The number of hydrogen-bond donors (Lipinski definition) is 2. The van der Waals surface area contributed by atoms with Gasteiger partial charge in [0.05, 0.1) is 39.1 Å². The molecule has 2 N–H and O–H groups in total. The molecule has 0 aromatic heterocycles. The lowest BCUT2D eigenvalue weighted by molar-refractivity contribution is -0.162. The Bertz CT molecular complexity index is 1770. The summed E-state index contributed by atoms with van der Waals surface area (Å²) >= 11 is 0. The number of carboxylic acids is 1. The third kappa shape index (κ3) is 25.9. The van der Waals surface area contributed by atoms with Crippen LogP contribution in [0.4, 0.5) is 5.69 Å². The lowest BCUT2D eigenvalue weighted by Crippen LogP contribution is -2.55. The predicted molar refractivity (Wildman–Crippen MR) is 248 cm³/mol. The van der Waals surface area contributed by atoms with Gasteiger partial charge in [0.1, 0.15) is 28.0 Å². The molecule has 1 fully saturated rings. The molecular formula is C48H79N5O13. The fourth-order valence-corrected chi connectivity index (χ4v) is 7.11. The van der Waals surface area contributed by atoms with Crippen LogP contribution in [0.3, 0.4) is 0 Å². The molecule has 1 aliphatic heterocycles. The first-order chi connectivity index (χ1) is 30.0. The van der Waals surface area contributed by atoms with Crippen molar-refractivity contribution in [2.24, 2.45) is 0 Å². The van der Waals surface area contributed by atoms with Crippen LogP contribution < -0.4 is 5.32 Å². The Kier molecular flexibility index (Phi) is 21.2. The van der Waals surface area contributed by atoms with Gasteiger partial charge in [-0.3, -0.25) is 53.2 Å². The molecule has 0 aliphatic carbocycles. The smallest absolute Gasteiger partial charge is 0.320 e. The van der Waals surface area contributed by atoms with E-state index in [2.05, 4.69) is 5.32 Å². The van der Waals surface area contributed by atoms with Crippen LogP contribution in [0.1, 0.15) is 122 Å². The Hall–Kier alpha value is -4.65. The molecule has 0 spiro atoms. The minimum absolute atomic E-state index is 0.0441. The summed E-state index contributed by atoms with van der Waals surface area (Å²) in [6.07, 6.45) is -0.126. The SMILES string of the molecule is CC(C)(C)OC(=O)CN(CC(=O)OC(C)(C)C)CC1CN(CC(=O)OC(C)(C)C)CC(Cc2ccc(NC(=O)CCC(=O)O)cc2)N(CC(=O)OC(C)(C)C)CCN1CC(=O)OC(C)(C)C. The topological polar surface area (TPSA) is 211 Å². The highest BCUT2D eigenvalue weighted by Crippen LogP contribution is 2.21. The fourth-order valence-electron chi connectivity index (χ4n) is 7.11. The molecule has 1 aromatic rings. The molecule has 0 bridgehead atoms. The second-order valence-electron chi connectivity index (χ2n) is 21.9. The van der Waals surface area contributed by atoms with E-state index >= 15 is 0 Å². The van der Waals surface area contributed by atoms with E-state index in [9.17, 15) is 33.6 Å². The zero-order valence-corrected chi connectivity index (χ0v) is 42.3. The van der Waals surface area contributed by atoms with Gasteiger partial charge in [-0.2, -0.15) is 0 Å². The van der Waals surface area contributed by atoms with Crippen LogP contribution >= 0.6 is 0 Å². The van der Waals surface area contributed by atoms with Crippen LogP contribution in [0.25, 0.3) is 0 Å². The number of rotatable bonds is 18. The Labute approximate surface area is 392 Å². The Morgan fingerprint density at radius 1 is 0.561 bits per heavy atom. The van der Waals surface area contributed by atoms with E-state index in [-0.39, 0.29) is 78.3 Å². The fraction of sp³-hybridized carbons (Fsp3) is 0.729. The van der Waals surface area contributed by atoms with Crippen LogP contribution in [0.5, 0.6) is 0 Å². The average molecular weight is 934 g/mol. The molecule has 18 nitrogen and oxygen atoms in total. The molecule has 374 valence electrons. The van der Waals surface area contributed by atoms with Crippen molar-refractivity contribution in [3.05, 3.63) is 29.8 Å². The number of hydrogen-bond acceptors (Lipinski definition) is 16. The first kappa shape index (κ1) is 57.5. The molecule has 2 atom stereocenters. The number of benzene rings is 1. The Morgan fingerprint density at radius 3 is 1.35 bits per heavy atom. The molecule has 66 heavy (non-hydrogen) atoms. The summed E-state index contributed by atoms with van der Waals surface area (Å²) in [6, 6.07) is 6.00. The second-order valence-corrected chi connectivity index (χ2v) is 21.9. The van der Waals surface area contributed by atoms with Gasteiger partial charge in [0.2, 0.25) is 5.91 Å². The van der Waals surface area contributed by atoms with Gasteiger partial charge in [-0.05, 0) is 128 Å². The number of carbonyl (C=O) groups is 7. The van der Waals surface area contributed by atoms with Crippen molar-refractivity contribution in [1.82, 2.24) is 19.6 Å². The van der Waals surface area contributed by atoms with Crippen molar-refractivity contribution in [1.29, 1.82) is 0 Å². The standard InChI is InChI=1S/C48H79N5O13/c1-44(2,3)62-39(57)28-50-25-35(24-33-16-18-34(19-17-33)49-37(54)20-21-38(55)56)52(31-42(60)65-47(10,11)12)22-23-53(32-43(61)66-48(13,14)15)36(26-50)27-51(29-40(58)63-45(4,5)6)30-41(59)64-46(7,8)9/h16-19,35-36H,20-32H2,1-15H3,(H,49,54)(H,55,56). The highest BCUT2D eigenvalue weighted by molar-refractivity contribution is 5.92. The maximum atomic E-state index is 13.8. The van der Waals surface area contributed by atoms with Crippen molar-refractivity contribution in [3.8, 4) is 0 Å². The van der Waals surface area contributed by atoms with E-state index in [1.54, 1.807) is 121 Å². The minimum atomic E-state index is -1.08. The van der Waals surface area contributed by atoms with Crippen molar-refractivity contribution in [2.75, 3.05) is 70.8 Å². The average Bonchev–Trinajstić information content (AvgIpc) is 3.13. The van der Waals surface area contributed by atoms with Gasteiger partial charge in [0.15, 0.2) is 0 Å². The Balaban J connectivity index is 2.80. The Morgan fingerprint density at radius 2 is 0.939 bits per heavy atom. The van der Waals surface area contributed by atoms with E-state index in [4.69, 9.17) is 28.8 Å². The van der Waals surface area contributed by atoms with Gasteiger partial charge < -0.3 is 34.1 Å². The van der Waals surface area contributed by atoms with E-state index in [0.29, 0.717) is 12.1 Å². The summed E-state index contributed by atoms with van der Waals surface area (Å²) in [5.74, 6) is -4.20. The lowest BCUT2D eigenvalue weighted by atomic mass is 10.0.